The van der Waals surface area contributed by atoms with Gasteiger partial charge in [0.25, 0.3) is 5.91 Å². The van der Waals surface area contributed by atoms with Gasteiger partial charge in [-0.05, 0) is 67.4 Å². The number of nitrogens with zero attached hydrogens (tertiary/aromatic N) is 3. The monoisotopic (exact) mass is 420 g/mol. The molecule has 0 atom stereocenters. The maximum Gasteiger partial charge on any atom is 0.255 e. The van der Waals surface area contributed by atoms with E-state index in [0.29, 0.717) is 18.5 Å². The second kappa shape index (κ2) is 9.10. The highest BCUT2D eigenvalue weighted by molar-refractivity contribution is 6.05. The van der Waals surface area contributed by atoms with Gasteiger partial charge in [-0.15, -0.1) is 0 Å². The number of nitrogens with one attached hydrogen (secondary N) is 1. The number of piperazine rings is 1. The number of amides is 2. The number of anilines is 3. The number of rotatable bonds is 5. The fourth-order valence-corrected chi connectivity index (χ4v) is 4.49. The molecule has 1 saturated heterocycles. The molecule has 1 fully saturated rings. The zero-order valence-corrected chi connectivity index (χ0v) is 18.8. The number of benzene rings is 2. The second-order valence-corrected chi connectivity index (χ2v) is 8.37. The molecule has 0 radical (unpaired) electrons. The van der Waals surface area contributed by atoms with Crippen molar-refractivity contribution < 1.29 is 9.59 Å². The van der Waals surface area contributed by atoms with E-state index < -0.39 is 0 Å². The predicted octanol–water partition coefficient (Wildman–Crippen LogP) is 3.69. The SMILES string of the molecule is CCC(=O)N1CCc2cc(C(=O)Nc3ccc(N4CCN(CC)CC4)cc3C)ccc21. The van der Waals surface area contributed by atoms with Crippen molar-refractivity contribution in [1.82, 2.24) is 4.90 Å². The summed E-state index contributed by atoms with van der Waals surface area (Å²) in [5, 5.41) is 3.06. The first-order chi connectivity index (χ1) is 15.0. The molecule has 1 N–H and O–H groups in total. The van der Waals surface area contributed by atoms with Crippen molar-refractivity contribution in [2.45, 2.75) is 33.6 Å². The van der Waals surface area contributed by atoms with E-state index in [0.717, 1.165) is 61.6 Å². The van der Waals surface area contributed by atoms with Gasteiger partial charge in [-0.25, -0.2) is 0 Å². The molecule has 31 heavy (non-hydrogen) atoms. The molecule has 4 rings (SSSR count). The lowest BCUT2D eigenvalue weighted by molar-refractivity contribution is -0.118. The molecule has 2 amide bonds. The van der Waals surface area contributed by atoms with Gasteiger partial charge >= 0.3 is 0 Å². The van der Waals surface area contributed by atoms with Gasteiger partial charge in [0, 0.05) is 61.8 Å². The predicted molar refractivity (Wildman–Crippen MR) is 126 cm³/mol. The van der Waals surface area contributed by atoms with E-state index in [1.807, 2.05) is 43.0 Å². The quantitative estimate of drug-likeness (QED) is 0.802. The minimum absolute atomic E-state index is 0.115. The van der Waals surface area contributed by atoms with Crippen molar-refractivity contribution in [2.24, 2.45) is 0 Å². The third-order valence-electron chi connectivity index (χ3n) is 6.48. The van der Waals surface area contributed by atoms with Gasteiger partial charge in [0.05, 0.1) is 0 Å². The number of hydrogen-bond acceptors (Lipinski definition) is 4. The number of carbonyl (C=O) groups is 2. The molecule has 2 heterocycles. The smallest absolute Gasteiger partial charge is 0.255 e. The summed E-state index contributed by atoms with van der Waals surface area (Å²) < 4.78 is 0. The van der Waals surface area contributed by atoms with Crippen molar-refractivity contribution in [3.8, 4) is 0 Å². The van der Waals surface area contributed by atoms with E-state index in [2.05, 4.69) is 34.2 Å². The Labute approximate surface area is 184 Å². The Morgan fingerprint density at radius 2 is 1.74 bits per heavy atom. The number of aryl methyl sites for hydroxylation is 1. The minimum Gasteiger partial charge on any atom is -0.369 e. The lowest BCUT2D eigenvalue weighted by atomic mass is 10.1. The highest BCUT2D eigenvalue weighted by Crippen LogP contribution is 2.30. The standard InChI is InChI=1S/C25H32N4O2/c1-4-24(30)29-11-10-19-17-20(6-9-23(19)29)25(31)26-22-8-7-21(16-18(22)3)28-14-12-27(5-2)13-15-28/h6-9,16-17H,4-5,10-15H2,1-3H3,(H,26,31). The summed E-state index contributed by atoms with van der Waals surface area (Å²) in [5.74, 6) is 0.0123. The van der Waals surface area contributed by atoms with Gasteiger partial charge in [0.1, 0.15) is 0 Å². The average Bonchev–Trinajstić information content (AvgIpc) is 3.23. The Hall–Kier alpha value is -2.86. The molecule has 164 valence electrons. The fourth-order valence-electron chi connectivity index (χ4n) is 4.49. The number of likely N-dealkylation sites (N-methyl/N-ethyl adjacent to an activating group) is 1. The molecule has 0 unspecified atom stereocenters. The van der Waals surface area contributed by atoms with E-state index >= 15 is 0 Å². The molecule has 0 aliphatic carbocycles. The lowest BCUT2D eigenvalue weighted by Gasteiger charge is -2.35. The largest absolute Gasteiger partial charge is 0.369 e. The van der Waals surface area contributed by atoms with Crippen LogP contribution in [0, 0.1) is 6.92 Å². The number of hydrogen-bond donors (Lipinski definition) is 1. The second-order valence-electron chi connectivity index (χ2n) is 8.37. The summed E-state index contributed by atoms with van der Waals surface area (Å²) in [6.45, 7) is 12.2. The van der Waals surface area contributed by atoms with Crippen LogP contribution in [0.1, 0.15) is 41.8 Å². The first-order valence-corrected chi connectivity index (χ1v) is 11.3. The summed E-state index contributed by atoms with van der Waals surface area (Å²) >= 11 is 0. The van der Waals surface area contributed by atoms with Gasteiger partial charge in [-0.2, -0.15) is 0 Å². The summed E-state index contributed by atoms with van der Waals surface area (Å²) in [7, 11) is 0. The molecule has 0 bridgehead atoms. The Morgan fingerprint density at radius 1 is 0.968 bits per heavy atom. The summed E-state index contributed by atoms with van der Waals surface area (Å²) in [5.41, 5.74) is 5.74. The summed E-state index contributed by atoms with van der Waals surface area (Å²) in [4.78, 5) is 31.7. The summed E-state index contributed by atoms with van der Waals surface area (Å²) in [6, 6.07) is 11.9. The molecule has 0 aromatic heterocycles. The van der Waals surface area contributed by atoms with Crippen LogP contribution in [0.25, 0.3) is 0 Å². The molecule has 2 aliphatic rings. The Balaban J connectivity index is 1.44. The van der Waals surface area contributed by atoms with Gasteiger partial charge in [0.15, 0.2) is 0 Å². The van der Waals surface area contributed by atoms with Crippen LogP contribution in [0.2, 0.25) is 0 Å². The van der Waals surface area contributed by atoms with Gasteiger partial charge < -0.3 is 20.0 Å². The molecular weight excluding hydrogens is 388 g/mol. The highest BCUT2D eigenvalue weighted by atomic mass is 16.2. The maximum absolute atomic E-state index is 12.9. The normalized spacial score (nSPS) is 16.4. The molecule has 2 aromatic carbocycles. The van der Waals surface area contributed by atoms with Crippen LogP contribution < -0.4 is 15.1 Å². The Kier molecular flexibility index (Phi) is 6.28. The van der Waals surface area contributed by atoms with Crippen molar-refractivity contribution in [1.29, 1.82) is 0 Å². The molecule has 6 heteroatoms. The number of carbonyl (C=O) groups excluding carboxylic acids is 2. The minimum atomic E-state index is -0.115. The van der Waals surface area contributed by atoms with E-state index in [-0.39, 0.29) is 11.8 Å². The van der Waals surface area contributed by atoms with Crippen LogP contribution in [0.3, 0.4) is 0 Å². The fraction of sp³-hybridized carbons (Fsp3) is 0.440. The molecular formula is C25H32N4O2. The van der Waals surface area contributed by atoms with Gasteiger partial charge in [-0.1, -0.05) is 13.8 Å². The highest BCUT2D eigenvalue weighted by Gasteiger charge is 2.24. The average molecular weight is 421 g/mol. The molecule has 0 saturated carbocycles. The van der Waals surface area contributed by atoms with Crippen LogP contribution in [0.4, 0.5) is 17.1 Å². The lowest BCUT2D eigenvalue weighted by Crippen LogP contribution is -2.46. The Bertz CT molecular complexity index is 979. The number of fused-ring (bicyclic) bond motifs is 1. The van der Waals surface area contributed by atoms with E-state index in [1.165, 1.54) is 5.69 Å². The summed E-state index contributed by atoms with van der Waals surface area (Å²) in [6.07, 6.45) is 1.28. The van der Waals surface area contributed by atoms with Crippen LogP contribution >= 0.6 is 0 Å². The van der Waals surface area contributed by atoms with Crippen molar-refractivity contribution >= 4 is 28.9 Å². The molecule has 2 aromatic rings. The van der Waals surface area contributed by atoms with Gasteiger partial charge in [0.2, 0.25) is 5.91 Å². The zero-order chi connectivity index (χ0) is 22.0. The first-order valence-electron chi connectivity index (χ1n) is 11.3. The third kappa shape index (κ3) is 4.44. The zero-order valence-electron chi connectivity index (χ0n) is 18.8. The first kappa shape index (κ1) is 21.4. The van der Waals surface area contributed by atoms with E-state index in [1.54, 1.807) is 0 Å². The Morgan fingerprint density at radius 3 is 2.42 bits per heavy atom. The van der Waals surface area contributed by atoms with Crippen LogP contribution in [-0.4, -0.2) is 56.0 Å². The van der Waals surface area contributed by atoms with E-state index in [9.17, 15) is 9.59 Å². The third-order valence-corrected chi connectivity index (χ3v) is 6.48. The van der Waals surface area contributed by atoms with Crippen LogP contribution in [0.5, 0.6) is 0 Å². The molecule has 6 nitrogen and oxygen atoms in total. The van der Waals surface area contributed by atoms with Gasteiger partial charge in [-0.3, -0.25) is 9.59 Å². The molecule has 0 spiro atoms. The van der Waals surface area contributed by atoms with E-state index in [4.69, 9.17) is 0 Å². The van der Waals surface area contributed by atoms with Crippen LogP contribution in [0.15, 0.2) is 36.4 Å². The van der Waals surface area contributed by atoms with Crippen molar-refractivity contribution in [3.63, 3.8) is 0 Å². The maximum atomic E-state index is 12.9. The topological polar surface area (TPSA) is 55.9 Å². The van der Waals surface area contributed by atoms with Crippen LogP contribution in [-0.2, 0) is 11.2 Å². The van der Waals surface area contributed by atoms with Crippen molar-refractivity contribution in [2.75, 3.05) is 54.4 Å². The molecule has 2 aliphatic heterocycles. The van der Waals surface area contributed by atoms with Crippen molar-refractivity contribution in [3.05, 3.63) is 53.1 Å².